The minimum Gasteiger partial charge on any atom is -0.479 e. The Morgan fingerprint density at radius 1 is 1.50 bits per heavy atom. The maximum absolute atomic E-state index is 10.4. The summed E-state index contributed by atoms with van der Waals surface area (Å²) in [4.78, 5) is 10.4. The van der Waals surface area contributed by atoms with Crippen LogP contribution in [0.15, 0.2) is 0 Å². The standard InChI is InChI=1S/C7H14O3/c1-3-5-7(10,4-2)6(8)9/h10H,3-5H2,1-2H3,(H,8,9). The average molecular weight is 146 g/mol. The molecular formula is C7H14O3. The summed E-state index contributed by atoms with van der Waals surface area (Å²) in [5, 5.41) is 17.8. The molecule has 0 spiro atoms. The molecule has 3 heteroatoms. The van der Waals surface area contributed by atoms with Gasteiger partial charge in [-0.05, 0) is 12.8 Å². The summed E-state index contributed by atoms with van der Waals surface area (Å²) >= 11 is 0. The predicted molar refractivity (Wildman–Crippen MR) is 37.8 cm³/mol. The number of hydrogen-bond acceptors (Lipinski definition) is 2. The zero-order valence-corrected chi connectivity index (χ0v) is 6.42. The summed E-state index contributed by atoms with van der Waals surface area (Å²) in [6, 6.07) is 0. The molecule has 0 bridgehead atoms. The number of aliphatic carboxylic acids is 1. The summed E-state index contributed by atoms with van der Waals surface area (Å²) in [5.41, 5.74) is -1.49. The Morgan fingerprint density at radius 3 is 2.10 bits per heavy atom. The highest BCUT2D eigenvalue weighted by atomic mass is 16.4. The second-order valence-electron chi connectivity index (χ2n) is 2.44. The van der Waals surface area contributed by atoms with Gasteiger partial charge in [-0.2, -0.15) is 0 Å². The van der Waals surface area contributed by atoms with E-state index in [9.17, 15) is 9.90 Å². The van der Waals surface area contributed by atoms with Crippen LogP contribution >= 0.6 is 0 Å². The van der Waals surface area contributed by atoms with E-state index in [1.807, 2.05) is 6.92 Å². The van der Waals surface area contributed by atoms with Crippen molar-refractivity contribution in [3.8, 4) is 0 Å². The second-order valence-corrected chi connectivity index (χ2v) is 2.44. The molecule has 0 rings (SSSR count). The van der Waals surface area contributed by atoms with Gasteiger partial charge in [0, 0.05) is 0 Å². The Hall–Kier alpha value is -0.570. The van der Waals surface area contributed by atoms with Crippen LogP contribution in [0.3, 0.4) is 0 Å². The molecule has 60 valence electrons. The van der Waals surface area contributed by atoms with E-state index >= 15 is 0 Å². The Balaban J connectivity index is 4.08. The SMILES string of the molecule is CCCC(O)(CC)C(=O)O. The van der Waals surface area contributed by atoms with Crippen molar-refractivity contribution >= 4 is 5.97 Å². The van der Waals surface area contributed by atoms with Gasteiger partial charge in [-0.15, -0.1) is 0 Å². The third kappa shape index (κ3) is 1.99. The van der Waals surface area contributed by atoms with Crippen molar-refractivity contribution in [2.45, 2.75) is 38.7 Å². The van der Waals surface area contributed by atoms with Crippen LogP contribution in [-0.4, -0.2) is 21.8 Å². The Kier molecular flexibility index (Phi) is 3.36. The van der Waals surface area contributed by atoms with Crippen molar-refractivity contribution in [3.63, 3.8) is 0 Å². The van der Waals surface area contributed by atoms with Crippen LogP contribution in [0.25, 0.3) is 0 Å². The summed E-state index contributed by atoms with van der Waals surface area (Å²) in [5.74, 6) is -1.11. The van der Waals surface area contributed by atoms with Gasteiger partial charge in [-0.1, -0.05) is 20.3 Å². The smallest absolute Gasteiger partial charge is 0.335 e. The minimum absolute atomic E-state index is 0.274. The van der Waals surface area contributed by atoms with Crippen molar-refractivity contribution in [3.05, 3.63) is 0 Å². The molecular weight excluding hydrogens is 132 g/mol. The van der Waals surface area contributed by atoms with Crippen molar-refractivity contribution in [2.24, 2.45) is 0 Å². The molecule has 0 radical (unpaired) electrons. The van der Waals surface area contributed by atoms with Gasteiger partial charge in [-0.25, -0.2) is 4.79 Å². The lowest BCUT2D eigenvalue weighted by molar-refractivity contribution is -0.159. The number of carbonyl (C=O) groups is 1. The zero-order chi connectivity index (χ0) is 8.20. The van der Waals surface area contributed by atoms with Gasteiger partial charge >= 0.3 is 5.97 Å². The molecule has 0 aliphatic rings. The topological polar surface area (TPSA) is 57.5 Å². The van der Waals surface area contributed by atoms with Gasteiger partial charge in [0.05, 0.1) is 0 Å². The monoisotopic (exact) mass is 146 g/mol. The molecule has 0 heterocycles. The first kappa shape index (κ1) is 9.43. The lowest BCUT2D eigenvalue weighted by Crippen LogP contribution is -2.37. The van der Waals surface area contributed by atoms with E-state index in [0.29, 0.717) is 12.8 Å². The number of carboxylic acid groups (broad SMARTS) is 1. The summed E-state index contributed by atoms with van der Waals surface area (Å²) in [7, 11) is 0. The van der Waals surface area contributed by atoms with Crippen LogP contribution in [0, 0.1) is 0 Å². The fourth-order valence-corrected chi connectivity index (χ4v) is 0.849. The fraction of sp³-hybridized carbons (Fsp3) is 0.857. The first-order valence-corrected chi connectivity index (χ1v) is 3.52. The number of carboxylic acids is 1. The third-order valence-electron chi connectivity index (χ3n) is 1.65. The zero-order valence-electron chi connectivity index (χ0n) is 6.42. The normalized spacial score (nSPS) is 16.3. The lowest BCUT2D eigenvalue weighted by atomic mass is 9.95. The second kappa shape index (κ2) is 3.56. The van der Waals surface area contributed by atoms with Gasteiger partial charge in [0.25, 0.3) is 0 Å². The maximum atomic E-state index is 10.4. The van der Waals surface area contributed by atoms with Gasteiger partial charge in [0.15, 0.2) is 5.60 Å². The molecule has 0 saturated heterocycles. The molecule has 2 N–H and O–H groups in total. The predicted octanol–water partition coefficient (Wildman–Crippen LogP) is 1.01. The Bertz CT molecular complexity index is 122. The lowest BCUT2D eigenvalue weighted by Gasteiger charge is -2.19. The highest BCUT2D eigenvalue weighted by Crippen LogP contribution is 2.16. The average Bonchev–Trinajstić information content (AvgIpc) is 1.88. The van der Waals surface area contributed by atoms with Crippen LogP contribution < -0.4 is 0 Å². The molecule has 0 fully saturated rings. The molecule has 0 aromatic carbocycles. The van der Waals surface area contributed by atoms with Gasteiger partial charge < -0.3 is 10.2 Å². The summed E-state index contributed by atoms with van der Waals surface area (Å²) in [6.45, 7) is 3.52. The number of aliphatic hydroxyl groups is 1. The molecule has 0 aliphatic carbocycles. The van der Waals surface area contributed by atoms with Crippen LogP contribution in [0.2, 0.25) is 0 Å². The molecule has 0 aromatic heterocycles. The molecule has 0 amide bonds. The molecule has 1 unspecified atom stereocenters. The molecule has 0 aliphatic heterocycles. The van der Waals surface area contributed by atoms with Crippen LogP contribution in [0.1, 0.15) is 33.1 Å². The van der Waals surface area contributed by atoms with E-state index in [1.54, 1.807) is 6.92 Å². The van der Waals surface area contributed by atoms with E-state index in [1.165, 1.54) is 0 Å². The van der Waals surface area contributed by atoms with Crippen molar-refractivity contribution < 1.29 is 15.0 Å². The fourth-order valence-electron chi connectivity index (χ4n) is 0.849. The largest absolute Gasteiger partial charge is 0.479 e. The van der Waals surface area contributed by atoms with E-state index in [2.05, 4.69) is 0 Å². The first-order valence-electron chi connectivity index (χ1n) is 3.52. The van der Waals surface area contributed by atoms with E-state index < -0.39 is 11.6 Å². The van der Waals surface area contributed by atoms with Crippen LogP contribution in [-0.2, 0) is 4.79 Å². The first-order chi connectivity index (χ1) is 4.56. The third-order valence-corrected chi connectivity index (χ3v) is 1.65. The van der Waals surface area contributed by atoms with Gasteiger partial charge in [0.1, 0.15) is 0 Å². The summed E-state index contributed by atoms with van der Waals surface area (Å²) in [6.07, 6.45) is 1.30. The van der Waals surface area contributed by atoms with E-state index in [0.717, 1.165) is 0 Å². The number of rotatable bonds is 4. The maximum Gasteiger partial charge on any atom is 0.335 e. The minimum atomic E-state index is -1.49. The highest BCUT2D eigenvalue weighted by molar-refractivity contribution is 5.76. The summed E-state index contributed by atoms with van der Waals surface area (Å²) < 4.78 is 0. The quantitative estimate of drug-likeness (QED) is 0.622. The van der Waals surface area contributed by atoms with Gasteiger partial charge in [-0.3, -0.25) is 0 Å². The molecule has 0 aromatic rings. The molecule has 10 heavy (non-hydrogen) atoms. The van der Waals surface area contributed by atoms with Crippen molar-refractivity contribution in [1.82, 2.24) is 0 Å². The number of hydrogen-bond donors (Lipinski definition) is 2. The van der Waals surface area contributed by atoms with Crippen LogP contribution in [0.5, 0.6) is 0 Å². The molecule has 0 saturated carbocycles. The van der Waals surface area contributed by atoms with Crippen molar-refractivity contribution in [2.75, 3.05) is 0 Å². The Labute approximate surface area is 60.7 Å². The van der Waals surface area contributed by atoms with Crippen molar-refractivity contribution in [1.29, 1.82) is 0 Å². The molecule has 3 nitrogen and oxygen atoms in total. The van der Waals surface area contributed by atoms with E-state index in [4.69, 9.17) is 5.11 Å². The highest BCUT2D eigenvalue weighted by Gasteiger charge is 2.32. The molecule has 1 atom stereocenters. The van der Waals surface area contributed by atoms with Crippen LogP contribution in [0.4, 0.5) is 0 Å². The Morgan fingerprint density at radius 2 is 2.00 bits per heavy atom. The van der Waals surface area contributed by atoms with Gasteiger partial charge in [0.2, 0.25) is 0 Å². The van der Waals surface area contributed by atoms with E-state index in [-0.39, 0.29) is 6.42 Å².